The van der Waals surface area contributed by atoms with Gasteiger partial charge in [-0.2, -0.15) is 0 Å². The first kappa shape index (κ1) is 26.1. The zero-order valence-corrected chi connectivity index (χ0v) is 21.2. The maximum absolute atomic E-state index is 8.30. The topological polar surface area (TPSA) is 117 Å². The SMILES string of the molecule is CN(C(=N)NC(=N)N)c1cc(OCc2ccccc2)c(OCc2ccccc2)c(OCc2ccccc2)c1. The fraction of sp³-hybridized carbons (Fsp3) is 0.133. The monoisotopic (exact) mass is 509 g/mol. The van der Waals surface area contributed by atoms with E-state index in [1.54, 1.807) is 24.1 Å². The lowest BCUT2D eigenvalue weighted by Gasteiger charge is -2.24. The molecule has 8 nitrogen and oxygen atoms in total. The highest BCUT2D eigenvalue weighted by atomic mass is 16.5. The lowest BCUT2D eigenvalue weighted by atomic mass is 10.2. The Balaban J connectivity index is 1.71. The summed E-state index contributed by atoms with van der Waals surface area (Å²) in [7, 11) is 1.69. The standard InChI is InChI=1S/C30H31N5O3/c1-35(30(33)34-29(31)32)25-17-26(36-19-22-11-5-2-6-12-22)28(38-21-24-15-9-4-10-16-24)27(18-25)37-20-23-13-7-3-8-14-23/h2-18H,19-21H2,1H3,(H5,31,32,33,34). The summed E-state index contributed by atoms with van der Waals surface area (Å²) in [5.41, 5.74) is 9.05. The molecule has 4 aromatic rings. The van der Waals surface area contributed by atoms with Crippen molar-refractivity contribution in [2.24, 2.45) is 5.73 Å². The number of ether oxygens (including phenoxy) is 3. The molecule has 0 saturated carbocycles. The van der Waals surface area contributed by atoms with Crippen LogP contribution in [0, 0.1) is 10.8 Å². The van der Waals surface area contributed by atoms with Crippen molar-refractivity contribution in [2.75, 3.05) is 11.9 Å². The van der Waals surface area contributed by atoms with Gasteiger partial charge in [0.15, 0.2) is 17.5 Å². The molecule has 0 saturated heterocycles. The van der Waals surface area contributed by atoms with E-state index in [4.69, 9.17) is 30.8 Å². The molecule has 38 heavy (non-hydrogen) atoms. The Labute approximate surface area is 222 Å². The van der Waals surface area contributed by atoms with Crippen LogP contribution in [0.1, 0.15) is 16.7 Å². The number of rotatable bonds is 10. The van der Waals surface area contributed by atoms with E-state index in [0.717, 1.165) is 16.7 Å². The van der Waals surface area contributed by atoms with Crippen LogP contribution in [0.5, 0.6) is 17.2 Å². The zero-order valence-electron chi connectivity index (χ0n) is 21.2. The summed E-state index contributed by atoms with van der Waals surface area (Å²) in [6.07, 6.45) is 0. The van der Waals surface area contributed by atoms with Gasteiger partial charge in [0.05, 0.1) is 5.69 Å². The predicted octanol–water partition coefficient (Wildman–Crippen LogP) is 5.28. The first-order chi connectivity index (χ1) is 18.5. The van der Waals surface area contributed by atoms with Crippen molar-refractivity contribution in [1.29, 1.82) is 10.8 Å². The molecule has 0 aliphatic heterocycles. The Morgan fingerprint density at radius 3 is 1.47 bits per heavy atom. The molecule has 0 radical (unpaired) electrons. The van der Waals surface area contributed by atoms with Gasteiger partial charge in [0.1, 0.15) is 19.8 Å². The summed E-state index contributed by atoms with van der Waals surface area (Å²) in [4.78, 5) is 1.55. The van der Waals surface area contributed by atoms with Gasteiger partial charge in [-0.05, 0) is 16.7 Å². The number of anilines is 1. The third-order valence-corrected chi connectivity index (χ3v) is 5.68. The van der Waals surface area contributed by atoms with Crippen LogP contribution in [0.25, 0.3) is 0 Å². The summed E-state index contributed by atoms with van der Waals surface area (Å²) < 4.78 is 18.8. The quantitative estimate of drug-likeness (QED) is 0.171. The number of nitrogens with one attached hydrogen (secondary N) is 3. The van der Waals surface area contributed by atoms with Crippen molar-refractivity contribution in [1.82, 2.24) is 5.32 Å². The first-order valence-corrected chi connectivity index (χ1v) is 12.1. The summed E-state index contributed by atoms with van der Waals surface area (Å²) in [5, 5.41) is 18.3. The summed E-state index contributed by atoms with van der Waals surface area (Å²) in [6, 6.07) is 33.1. The number of guanidine groups is 2. The van der Waals surface area contributed by atoms with E-state index in [2.05, 4.69) is 5.32 Å². The van der Waals surface area contributed by atoms with Crippen LogP contribution in [0.2, 0.25) is 0 Å². The fourth-order valence-electron chi connectivity index (χ4n) is 3.65. The molecule has 0 spiro atoms. The second kappa shape index (κ2) is 12.8. The van der Waals surface area contributed by atoms with E-state index in [9.17, 15) is 0 Å². The average Bonchev–Trinajstić information content (AvgIpc) is 2.95. The smallest absolute Gasteiger partial charge is 0.204 e. The van der Waals surface area contributed by atoms with Crippen molar-refractivity contribution in [3.05, 3.63) is 120 Å². The average molecular weight is 510 g/mol. The van der Waals surface area contributed by atoms with Crippen molar-refractivity contribution in [3.8, 4) is 17.2 Å². The molecule has 4 aromatic carbocycles. The third kappa shape index (κ3) is 7.27. The van der Waals surface area contributed by atoms with Gasteiger partial charge in [0.25, 0.3) is 0 Å². The van der Waals surface area contributed by atoms with Gasteiger partial charge in [-0.3, -0.25) is 16.1 Å². The van der Waals surface area contributed by atoms with Crippen LogP contribution in [0.4, 0.5) is 5.69 Å². The highest BCUT2D eigenvalue weighted by molar-refractivity contribution is 6.03. The lowest BCUT2D eigenvalue weighted by Crippen LogP contribution is -2.44. The molecular formula is C30H31N5O3. The number of nitrogens with two attached hydrogens (primary N) is 1. The van der Waals surface area contributed by atoms with Crippen molar-refractivity contribution in [2.45, 2.75) is 19.8 Å². The highest BCUT2D eigenvalue weighted by Gasteiger charge is 2.20. The Bertz CT molecular complexity index is 1280. The van der Waals surface area contributed by atoms with Gasteiger partial charge in [-0.25, -0.2) is 0 Å². The van der Waals surface area contributed by atoms with Crippen LogP contribution in [-0.2, 0) is 19.8 Å². The normalized spacial score (nSPS) is 10.3. The second-order valence-electron chi connectivity index (χ2n) is 8.54. The van der Waals surface area contributed by atoms with Gasteiger partial charge >= 0.3 is 0 Å². The Hall–Kier alpha value is -4.98. The largest absolute Gasteiger partial charge is 0.485 e. The summed E-state index contributed by atoms with van der Waals surface area (Å²) >= 11 is 0. The molecule has 0 fully saturated rings. The molecule has 0 aliphatic rings. The minimum atomic E-state index is -0.328. The first-order valence-electron chi connectivity index (χ1n) is 12.1. The maximum Gasteiger partial charge on any atom is 0.204 e. The zero-order chi connectivity index (χ0) is 26.7. The van der Waals surface area contributed by atoms with Crippen LogP contribution >= 0.6 is 0 Å². The second-order valence-corrected chi connectivity index (χ2v) is 8.54. The predicted molar refractivity (Wildman–Crippen MR) is 150 cm³/mol. The molecular weight excluding hydrogens is 478 g/mol. The molecule has 0 unspecified atom stereocenters. The van der Waals surface area contributed by atoms with Gasteiger partial charge in [-0.1, -0.05) is 91.0 Å². The van der Waals surface area contributed by atoms with Gasteiger partial charge in [-0.15, -0.1) is 0 Å². The molecule has 0 heterocycles. The van der Waals surface area contributed by atoms with Crippen molar-refractivity contribution >= 4 is 17.6 Å². The Morgan fingerprint density at radius 2 is 1.08 bits per heavy atom. The number of nitrogens with zero attached hydrogens (tertiary/aromatic N) is 1. The lowest BCUT2D eigenvalue weighted by molar-refractivity contribution is 0.230. The van der Waals surface area contributed by atoms with E-state index in [0.29, 0.717) is 42.8 Å². The summed E-state index contributed by atoms with van der Waals surface area (Å²) in [5.74, 6) is 0.994. The van der Waals surface area contributed by atoms with E-state index in [-0.39, 0.29) is 11.9 Å². The number of benzene rings is 4. The third-order valence-electron chi connectivity index (χ3n) is 5.68. The van der Waals surface area contributed by atoms with Crippen LogP contribution in [-0.4, -0.2) is 19.0 Å². The molecule has 0 amide bonds. The van der Waals surface area contributed by atoms with E-state index >= 15 is 0 Å². The van der Waals surface area contributed by atoms with E-state index in [1.165, 1.54) is 0 Å². The molecule has 194 valence electrons. The summed E-state index contributed by atoms with van der Waals surface area (Å²) in [6.45, 7) is 0.953. The minimum Gasteiger partial charge on any atom is -0.485 e. The Kier molecular flexibility index (Phi) is 8.80. The van der Waals surface area contributed by atoms with Crippen LogP contribution < -0.4 is 30.2 Å². The van der Waals surface area contributed by atoms with Gasteiger partial charge in [0, 0.05) is 19.2 Å². The van der Waals surface area contributed by atoms with Gasteiger partial charge in [0.2, 0.25) is 11.7 Å². The molecule has 0 aromatic heterocycles. The number of hydrogen-bond acceptors (Lipinski definition) is 5. The number of hydrogen-bond donors (Lipinski definition) is 4. The van der Waals surface area contributed by atoms with Crippen LogP contribution in [0.3, 0.4) is 0 Å². The molecule has 8 heteroatoms. The molecule has 0 aliphatic carbocycles. The van der Waals surface area contributed by atoms with Crippen molar-refractivity contribution < 1.29 is 14.2 Å². The minimum absolute atomic E-state index is 0.0709. The fourth-order valence-corrected chi connectivity index (χ4v) is 3.65. The molecule has 0 bridgehead atoms. The highest BCUT2D eigenvalue weighted by Crippen LogP contribution is 2.42. The van der Waals surface area contributed by atoms with E-state index in [1.807, 2.05) is 91.0 Å². The molecule has 0 atom stereocenters. The van der Waals surface area contributed by atoms with Crippen LogP contribution in [0.15, 0.2) is 103 Å². The molecule has 5 N–H and O–H groups in total. The molecule has 4 rings (SSSR count). The van der Waals surface area contributed by atoms with E-state index < -0.39 is 0 Å². The Morgan fingerprint density at radius 1 is 0.684 bits per heavy atom. The van der Waals surface area contributed by atoms with Gasteiger partial charge < -0.3 is 24.8 Å². The maximum atomic E-state index is 8.30. The van der Waals surface area contributed by atoms with Crippen molar-refractivity contribution in [3.63, 3.8) is 0 Å².